The Balaban J connectivity index is 1.45. The Morgan fingerprint density at radius 3 is 2.55 bits per heavy atom. The first-order chi connectivity index (χ1) is 21.0. The quantitative estimate of drug-likeness (QED) is 0.172. The summed E-state index contributed by atoms with van der Waals surface area (Å²) in [7, 11) is 4.34. The molecule has 232 valence electrons. The van der Waals surface area contributed by atoms with Gasteiger partial charge < -0.3 is 24.1 Å². The number of hydrogen-bond donors (Lipinski definition) is 1. The zero-order chi connectivity index (χ0) is 31.6. The van der Waals surface area contributed by atoms with Crippen molar-refractivity contribution in [2.45, 2.75) is 45.2 Å². The third kappa shape index (κ3) is 6.64. The van der Waals surface area contributed by atoms with Crippen molar-refractivity contribution in [2.75, 3.05) is 14.2 Å². The highest BCUT2D eigenvalue weighted by Gasteiger charge is 2.36. The predicted octanol–water partition coefficient (Wildman–Crippen LogP) is 5.46. The van der Waals surface area contributed by atoms with Crippen LogP contribution in [0.2, 0.25) is 0 Å². The van der Waals surface area contributed by atoms with Gasteiger partial charge in [-0.25, -0.2) is 19.4 Å². The second-order valence-corrected chi connectivity index (χ2v) is 10.2. The second-order valence-electron chi connectivity index (χ2n) is 10.2. The Bertz CT molecular complexity index is 1660. The SMILES string of the molecule is C/C=C(/CC(=O)c1cc(OCc2ccc(-c3nc(C(F)(F)F)cn3C)c(F)c2)nc(C2=C(C3CC3)NC=NC2OC)n1)OC. The summed E-state index contributed by atoms with van der Waals surface area (Å²) < 4.78 is 72.3. The van der Waals surface area contributed by atoms with Crippen LogP contribution in [0, 0.1) is 11.7 Å². The lowest BCUT2D eigenvalue weighted by Gasteiger charge is -2.23. The number of alkyl halides is 3. The second kappa shape index (κ2) is 12.6. The van der Waals surface area contributed by atoms with Crippen molar-refractivity contribution < 1.29 is 36.6 Å². The number of allylic oxidation sites excluding steroid dienone is 3. The first kappa shape index (κ1) is 30.9. The van der Waals surface area contributed by atoms with Crippen molar-refractivity contribution in [1.29, 1.82) is 0 Å². The van der Waals surface area contributed by atoms with E-state index >= 15 is 4.39 Å². The molecule has 44 heavy (non-hydrogen) atoms. The average Bonchev–Trinajstić information content (AvgIpc) is 3.78. The van der Waals surface area contributed by atoms with Crippen LogP contribution in [0.1, 0.15) is 53.8 Å². The fraction of sp³-hybridized carbons (Fsp3) is 0.367. The van der Waals surface area contributed by atoms with E-state index < -0.39 is 23.9 Å². The van der Waals surface area contributed by atoms with Crippen molar-refractivity contribution in [3.05, 3.63) is 76.6 Å². The molecular weight excluding hydrogens is 584 g/mol. The van der Waals surface area contributed by atoms with Gasteiger partial charge in [-0.3, -0.25) is 4.79 Å². The number of halogens is 4. The molecule has 1 fully saturated rings. The predicted molar refractivity (Wildman–Crippen MR) is 152 cm³/mol. The number of carbonyl (C=O) groups is 1. The molecule has 14 heteroatoms. The number of benzene rings is 1. The first-order valence-corrected chi connectivity index (χ1v) is 13.7. The normalized spacial score (nSPS) is 17.1. The first-order valence-electron chi connectivity index (χ1n) is 13.7. The van der Waals surface area contributed by atoms with Crippen LogP contribution in [0.5, 0.6) is 5.88 Å². The number of nitrogens with one attached hydrogen (secondary N) is 1. The molecule has 1 aromatic carbocycles. The molecule has 1 aliphatic carbocycles. The molecule has 2 aromatic heterocycles. The van der Waals surface area contributed by atoms with Crippen LogP contribution < -0.4 is 10.1 Å². The van der Waals surface area contributed by atoms with Crippen molar-refractivity contribution in [3.8, 4) is 17.3 Å². The van der Waals surface area contributed by atoms with E-state index in [1.165, 1.54) is 39.5 Å². The maximum Gasteiger partial charge on any atom is 0.434 e. The van der Waals surface area contributed by atoms with E-state index in [0.29, 0.717) is 16.9 Å². The lowest BCUT2D eigenvalue weighted by Crippen LogP contribution is -2.28. The fourth-order valence-corrected chi connectivity index (χ4v) is 4.72. The Labute approximate surface area is 250 Å². The summed E-state index contributed by atoms with van der Waals surface area (Å²) >= 11 is 0. The average molecular weight is 615 g/mol. The molecule has 0 spiro atoms. The third-order valence-corrected chi connectivity index (χ3v) is 7.15. The van der Waals surface area contributed by atoms with Gasteiger partial charge >= 0.3 is 6.18 Å². The van der Waals surface area contributed by atoms with Gasteiger partial charge in [-0.2, -0.15) is 18.2 Å². The van der Waals surface area contributed by atoms with Gasteiger partial charge in [-0.1, -0.05) is 6.07 Å². The van der Waals surface area contributed by atoms with Crippen molar-refractivity contribution in [3.63, 3.8) is 0 Å². The van der Waals surface area contributed by atoms with Gasteiger partial charge in [-0.15, -0.1) is 0 Å². The number of nitrogens with zero attached hydrogens (tertiary/aromatic N) is 5. The number of aliphatic imine (C=N–C) groups is 1. The van der Waals surface area contributed by atoms with Crippen LogP contribution in [-0.4, -0.2) is 52.1 Å². The lowest BCUT2D eigenvalue weighted by molar-refractivity contribution is -0.140. The van der Waals surface area contributed by atoms with Gasteiger partial charge in [0, 0.05) is 32.1 Å². The molecule has 10 nitrogen and oxygen atoms in total. The fourth-order valence-electron chi connectivity index (χ4n) is 4.72. The largest absolute Gasteiger partial charge is 0.501 e. The van der Waals surface area contributed by atoms with E-state index in [4.69, 9.17) is 14.2 Å². The summed E-state index contributed by atoms with van der Waals surface area (Å²) in [5.74, 6) is -0.337. The number of imidazole rings is 1. The smallest absolute Gasteiger partial charge is 0.434 e. The molecule has 1 saturated carbocycles. The van der Waals surface area contributed by atoms with E-state index in [9.17, 15) is 18.0 Å². The molecule has 1 N–H and O–H groups in total. The van der Waals surface area contributed by atoms with E-state index in [1.807, 2.05) is 0 Å². The van der Waals surface area contributed by atoms with Gasteiger partial charge in [0.2, 0.25) is 5.88 Å². The van der Waals surface area contributed by atoms with Gasteiger partial charge in [0.15, 0.2) is 23.5 Å². The summed E-state index contributed by atoms with van der Waals surface area (Å²) in [5, 5.41) is 3.17. The highest BCUT2D eigenvalue weighted by atomic mass is 19.4. The Morgan fingerprint density at radius 1 is 1.16 bits per heavy atom. The minimum Gasteiger partial charge on any atom is -0.501 e. The van der Waals surface area contributed by atoms with Crippen molar-refractivity contribution in [1.82, 2.24) is 24.8 Å². The maximum absolute atomic E-state index is 15.1. The number of carbonyl (C=O) groups excluding carboxylic acids is 1. The Morgan fingerprint density at radius 2 is 1.93 bits per heavy atom. The lowest BCUT2D eigenvalue weighted by atomic mass is 10.1. The summed E-state index contributed by atoms with van der Waals surface area (Å²) in [4.78, 5) is 30.2. The third-order valence-electron chi connectivity index (χ3n) is 7.15. The Kier molecular flexibility index (Phi) is 8.81. The molecule has 0 amide bonds. The Hall–Kier alpha value is -4.59. The molecule has 1 atom stereocenters. The zero-order valence-corrected chi connectivity index (χ0v) is 24.4. The molecule has 0 radical (unpaired) electrons. The molecule has 3 aromatic rings. The molecule has 0 saturated heterocycles. The summed E-state index contributed by atoms with van der Waals surface area (Å²) in [6.07, 6.45) is 0.559. The summed E-state index contributed by atoms with van der Waals surface area (Å²) in [6.45, 7) is 1.59. The standard InChI is InChI=1S/C30H30F4N6O4/c1-5-18(42-3)11-22(41)21-12-24(39-27(37-21)25-26(17-7-8-17)35-15-36-29(25)43-4)44-14-16-6-9-19(20(31)10-16)28-38-23(13-40(28)2)30(32,33)34/h5-6,9-10,12-13,15,17,29H,7-8,11,14H2,1-4H3,(H,35,36)/b18-5-. The van der Waals surface area contributed by atoms with E-state index in [-0.39, 0.29) is 53.5 Å². The van der Waals surface area contributed by atoms with Crippen LogP contribution >= 0.6 is 0 Å². The van der Waals surface area contributed by atoms with Crippen molar-refractivity contribution >= 4 is 17.7 Å². The number of ketones is 1. The van der Waals surface area contributed by atoms with Crippen LogP contribution in [0.15, 0.2) is 53.0 Å². The van der Waals surface area contributed by atoms with Crippen molar-refractivity contribution in [2.24, 2.45) is 18.0 Å². The van der Waals surface area contributed by atoms with Gasteiger partial charge in [0.1, 0.15) is 23.9 Å². The number of aryl methyl sites for hydroxylation is 1. The molecule has 0 bridgehead atoms. The highest BCUT2D eigenvalue weighted by Crippen LogP contribution is 2.41. The minimum atomic E-state index is -4.66. The molecule has 3 heterocycles. The van der Waals surface area contributed by atoms with Gasteiger partial charge in [0.25, 0.3) is 0 Å². The maximum atomic E-state index is 15.1. The monoisotopic (exact) mass is 614 g/mol. The van der Waals surface area contributed by atoms with Gasteiger partial charge in [-0.05, 0) is 49.5 Å². The molecule has 1 aliphatic heterocycles. The highest BCUT2D eigenvalue weighted by molar-refractivity contribution is 5.96. The van der Waals surface area contributed by atoms with E-state index in [1.54, 1.807) is 19.3 Å². The minimum absolute atomic E-state index is 0.0442. The zero-order valence-electron chi connectivity index (χ0n) is 24.4. The van der Waals surface area contributed by atoms with Crippen LogP contribution in [0.4, 0.5) is 17.6 Å². The molecular formula is C30H30F4N6O4. The molecule has 1 unspecified atom stereocenters. The summed E-state index contributed by atoms with van der Waals surface area (Å²) in [6, 6.07) is 5.39. The van der Waals surface area contributed by atoms with Crippen LogP contribution in [0.3, 0.4) is 0 Å². The number of aromatic nitrogens is 4. The number of Topliss-reactive ketones (excluding diaryl/α,β-unsaturated/α-hetero) is 1. The number of methoxy groups -OCH3 is 2. The summed E-state index contributed by atoms with van der Waals surface area (Å²) in [5.41, 5.74) is 0.667. The van der Waals surface area contributed by atoms with E-state index in [2.05, 4.69) is 25.3 Å². The van der Waals surface area contributed by atoms with Gasteiger partial charge in [0.05, 0.1) is 36.8 Å². The number of ether oxygens (including phenoxy) is 3. The molecule has 5 rings (SSSR count). The number of hydrogen-bond acceptors (Lipinski definition) is 9. The van der Waals surface area contributed by atoms with Crippen LogP contribution in [0.25, 0.3) is 17.0 Å². The number of rotatable bonds is 11. The van der Waals surface area contributed by atoms with Crippen LogP contribution in [-0.2, 0) is 29.3 Å². The topological polar surface area (TPSA) is 113 Å². The van der Waals surface area contributed by atoms with E-state index in [0.717, 1.165) is 35.4 Å². The molecule has 2 aliphatic rings.